The second-order valence-corrected chi connectivity index (χ2v) is 11.5. The van der Waals surface area contributed by atoms with E-state index in [9.17, 15) is 21.6 Å². The molecule has 4 rings (SSSR count). The number of nitrogens with one attached hydrogen (secondary N) is 2. The number of ether oxygens (including phenoxy) is 1. The van der Waals surface area contributed by atoms with Gasteiger partial charge in [-0.1, -0.05) is 12.0 Å². The maximum Gasteiger partial charge on any atom is 0.394 e. The lowest BCUT2D eigenvalue weighted by Gasteiger charge is -2.27. The van der Waals surface area contributed by atoms with Crippen LogP contribution in [-0.4, -0.2) is 81.4 Å². The molecule has 40 heavy (non-hydrogen) atoms. The summed E-state index contributed by atoms with van der Waals surface area (Å²) in [6, 6.07) is 5.61. The maximum atomic E-state index is 15.1. The van der Waals surface area contributed by atoms with Crippen LogP contribution in [0.15, 0.2) is 41.4 Å². The van der Waals surface area contributed by atoms with Crippen LogP contribution in [0.3, 0.4) is 0 Å². The van der Waals surface area contributed by atoms with E-state index in [1.54, 1.807) is 7.05 Å². The highest BCUT2D eigenvalue weighted by Crippen LogP contribution is 2.36. The van der Waals surface area contributed by atoms with Crippen LogP contribution in [0, 0.1) is 11.8 Å². The van der Waals surface area contributed by atoms with Crippen LogP contribution < -0.4 is 15.4 Å². The Kier molecular flexibility index (Phi) is 8.30. The average molecular weight is 586 g/mol. The average Bonchev–Trinajstić information content (AvgIpc) is 3.11. The van der Waals surface area contributed by atoms with Crippen LogP contribution >= 0.6 is 0 Å². The van der Waals surface area contributed by atoms with E-state index in [2.05, 4.69) is 27.5 Å². The first-order valence-corrected chi connectivity index (χ1v) is 14.1. The lowest BCUT2D eigenvalue weighted by Crippen LogP contribution is -2.40. The van der Waals surface area contributed by atoms with E-state index < -0.39 is 40.9 Å². The van der Waals surface area contributed by atoms with Crippen molar-refractivity contribution in [3.63, 3.8) is 0 Å². The fourth-order valence-corrected chi connectivity index (χ4v) is 5.19. The molecule has 1 aliphatic heterocycles. The number of likely N-dealkylation sites (N-methyl/N-ethyl adjacent to an activating group) is 1. The number of aromatic nitrogens is 2. The molecule has 0 unspecified atom stereocenters. The van der Waals surface area contributed by atoms with Crippen molar-refractivity contribution in [2.75, 3.05) is 51.9 Å². The van der Waals surface area contributed by atoms with Crippen molar-refractivity contribution in [2.45, 2.75) is 29.5 Å². The fourth-order valence-electron chi connectivity index (χ4n) is 4.55. The van der Waals surface area contributed by atoms with Crippen molar-refractivity contribution in [1.82, 2.24) is 19.6 Å². The van der Waals surface area contributed by atoms with Crippen molar-refractivity contribution in [3.8, 4) is 17.6 Å². The molecule has 1 fully saturated rings. The third-order valence-corrected chi connectivity index (χ3v) is 7.49. The number of benzene rings is 1. The van der Waals surface area contributed by atoms with Crippen molar-refractivity contribution in [2.24, 2.45) is 0 Å². The topological polar surface area (TPSA) is 88.0 Å². The highest BCUT2D eigenvalue weighted by molar-refractivity contribution is 7.90. The van der Waals surface area contributed by atoms with E-state index in [0.29, 0.717) is 12.2 Å². The summed E-state index contributed by atoms with van der Waals surface area (Å²) in [6.07, 6.45) is -3.54. The van der Waals surface area contributed by atoms with Gasteiger partial charge in [0.2, 0.25) is 0 Å². The summed E-state index contributed by atoms with van der Waals surface area (Å²) < 4.78 is 101. The standard InChI is InChI=1S/C26H28F5N5O3S/c1-35-13-11-33-23(25(27,28)16-35)18-6-5-12-36-21(15-26(29,30)31)19(34-24(18)36)7-4-10-32-20-9-8-17(40(3,37)38)14-22(20)39-2/h5-6,8-9,12,14,23,32-33H,10-11,13,15-16H2,1-3H3/t23-/m1/s1. The molecule has 1 saturated heterocycles. The maximum absolute atomic E-state index is 15.1. The number of hydrogen-bond donors (Lipinski definition) is 2. The van der Waals surface area contributed by atoms with Gasteiger partial charge in [-0.25, -0.2) is 22.2 Å². The van der Waals surface area contributed by atoms with E-state index in [4.69, 9.17) is 4.74 Å². The van der Waals surface area contributed by atoms with Crippen molar-refractivity contribution in [1.29, 1.82) is 0 Å². The van der Waals surface area contributed by atoms with Crippen LogP contribution in [0.2, 0.25) is 0 Å². The molecule has 0 bridgehead atoms. The minimum absolute atomic E-state index is 0.0289. The Bertz CT molecular complexity index is 1560. The molecule has 8 nitrogen and oxygen atoms in total. The van der Waals surface area contributed by atoms with Gasteiger partial charge >= 0.3 is 6.18 Å². The molecule has 0 radical (unpaired) electrons. The van der Waals surface area contributed by atoms with Gasteiger partial charge in [0.05, 0.1) is 42.9 Å². The molecule has 14 heteroatoms. The molecule has 0 aliphatic carbocycles. The first-order chi connectivity index (χ1) is 18.7. The molecule has 2 aromatic heterocycles. The first-order valence-electron chi connectivity index (χ1n) is 12.2. The third kappa shape index (κ3) is 6.65. The van der Waals surface area contributed by atoms with Gasteiger partial charge in [-0.2, -0.15) is 13.2 Å². The number of sulfone groups is 1. The molecule has 1 aliphatic rings. The van der Waals surface area contributed by atoms with Gasteiger partial charge in [0.25, 0.3) is 5.92 Å². The minimum atomic E-state index is -4.59. The molecule has 3 aromatic rings. The Balaban J connectivity index is 1.69. The number of rotatable bonds is 6. The van der Waals surface area contributed by atoms with Crippen LogP contribution in [0.5, 0.6) is 5.75 Å². The van der Waals surface area contributed by atoms with Crippen molar-refractivity contribution >= 4 is 21.2 Å². The van der Waals surface area contributed by atoms with Gasteiger partial charge in [-0.05, 0) is 31.2 Å². The Hall–Kier alpha value is -3.41. The number of pyridine rings is 1. The number of imidazole rings is 1. The first kappa shape index (κ1) is 29.6. The van der Waals surface area contributed by atoms with Crippen LogP contribution in [0.4, 0.5) is 27.6 Å². The van der Waals surface area contributed by atoms with Crippen LogP contribution in [0.25, 0.3) is 5.65 Å². The number of hydrogen-bond acceptors (Lipinski definition) is 7. The summed E-state index contributed by atoms with van der Waals surface area (Å²) in [5, 5.41) is 5.75. The highest BCUT2D eigenvalue weighted by Gasteiger charge is 2.44. The normalized spacial score (nSPS) is 18.1. The van der Waals surface area contributed by atoms with Gasteiger partial charge in [0, 0.05) is 37.2 Å². The zero-order chi connectivity index (χ0) is 29.3. The quantitative estimate of drug-likeness (QED) is 0.338. The largest absolute Gasteiger partial charge is 0.495 e. The van der Waals surface area contributed by atoms with Gasteiger partial charge < -0.3 is 19.8 Å². The molecular formula is C26H28F5N5O3S. The molecule has 1 aromatic carbocycles. The number of halogens is 5. The Morgan fingerprint density at radius 1 is 1.27 bits per heavy atom. The van der Waals surface area contributed by atoms with Crippen molar-refractivity contribution in [3.05, 3.63) is 53.5 Å². The van der Waals surface area contributed by atoms with Crippen LogP contribution in [-0.2, 0) is 16.3 Å². The fraction of sp³-hybridized carbons (Fsp3) is 0.423. The Morgan fingerprint density at radius 3 is 2.70 bits per heavy atom. The Labute approximate surface area is 228 Å². The van der Waals surface area contributed by atoms with E-state index in [1.165, 1.54) is 52.9 Å². The van der Waals surface area contributed by atoms with E-state index in [0.717, 1.165) is 6.26 Å². The van der Waals surface area contributed by atoms with Crippen LogP contribution in [0.1, 0.15) is 23.0 Å². The molecule has 0 amide bonds. The van der Waals surface area contributed by atoms with Gasteiger partial charge in [0.1, 0.15) is 23.1 Å². The summed E-state index contributed by atoms with van der Waals surface area (Å²) in [4.78, 5) is 5.83. The molecule has 216 valence electrons. The zero-order valence-electron chi connectivity index (χ0n) is 21.9. The monoisotopic (exact) mass is 585 g/mol. The predicted octanol–water partition coefficient (Wildman–Crippen LogP) is 3.53. The number of anilines is 1. The lowest BCUT2D eigenvalue weighted by atomic mass is 10.0. The second kappa shape index (κ2) is 11.2. The molecular weight excluding hydrogens is 557 g/mol. The van der Waals surface area contributed by atoms with Gasteiger partial charge in [0.15, 0.2) is 9.84 Å². The summed E-state index contributed by atoms with van der Waals surface area (Å²) in [7, 11) is -0.524. The smallest absolute Gasteiger partial charge is 0.394 e. The summed E-state index contributed by atoms with van der Waals surface area (Å²) in [5.41, 5.74) is 0.0246. The zero-order valence-corrected chi connectivity index (χ0v) is 22.8. The molecule has 3 heterocycles. The summed E-state index contributed by atoms with van der Waals surface area (Å²) in [6.45, 7) is 0.0828. The van der Waals surface area contributed by atoms with Gasteiger partial charge in [-0.15, -0.1) is 0 Å². The molecule has 0 spiro atoms. The van der Waals surface area contributed by atoms with Gasteiger partial charge in [-0.3, -0.25) is 4.90 Å². The molecule has 0 saturated carbocycles. The molecule has 2 N–H and O–H groups in total. The van der Waals surface area contributed by atoms with Crippen molar-refractivity contribution < 1.29 is 35.1 Å². The van der Waals surface area contributed by atoms with E-state index in [1.807, 2.05) is 0 Å². The summed E-state index contributed by atoms with van der Waals surface area (Å²) in [5.74, 6) is 2.39. The second-order valence-electron chi connectivity index (χ2n) is 9.53. The number of nitrogens with zero attached hydrogens (tertiary/aromatic N) is 3. The summed E-state index contributed by atoms with van der Waals surface area (Å²) >= 11 is 0. The third-order valence-electron chi connectivity index (χ3n) is 6.38. The Morgan fingerprint density at radius 2 is 2.02 bits per heavy atom. The predicted molar refractivity (Wildman–Crippen MR) is 140 cm³/mol. The molecule has 1 atom stereocenters. The van der Waals surface area contributed by atoms with E-state index >= 15 is 8.78 Å². The number of fused-ring (bicyclic) bond motifs is 1. The SMILES string of the molecule is COc1cc(S(C)(=O)=O)ccc1NCC#Cc1nc2c([C@H]3NCCN(C)CC3(F)F)cccn2c1CC(F)(F)F. The lowest BCUT2D eigenvalue weighted by molar-refractivity contribution is -0.128. The minimum Gasteiger partial charge on any atom is -0.495 e. The van der Waals surface area contributed by atoms with E-state index in [-0.39, 0.29) is 46.3 Å². The highest BCUT2D eigenvalue weighted by atomic mass is 32.2. The number of alkyl halides is 5. The number of methoxy groups -OCH3 is 1.